The first-order valence-corrected chi connectivity index (χ1v) is 10.7. The van der Waals surface area contributed by atoms with Crippen LogP contribution in [0.5, 0.6) is 0 Å². The molecule has 0 aliphatic carbocycles. The van der Waals surface area contributed by atoms with Crippen LogP contribution in [-0.2, 0) is 9.59 Å². The van der Waals surface area contributed by atoms with E-state index in [0.29, 0.717) is 17.7 Å². The summed E-state index contributed by atoms with van der Waals surface area (Å²) in [4.78, 5) is 37.7. The molecule has 0 aliphatic heterocycles. The summed E-state index contributed by atoms with van der Waals surface area (Å²) < 4.78 is 2.18. The van der Waals surface area contributed by atoms with Gasteiger partial charge in [-0.05, 0) is 55.7 Å². The number of benzene rings is 2. The number of hydrogen-bond donors (Lipinski definition) is 3. The van der Waals surface area contributed by atoms with E-state index in [1.54, 1.807) is 18.2 Å². The maximum atomic E-state index is 13.1. The molecule has 0 unspecified atom stereocenters. The third-order valence-corrected chi connectivity index (χ3v) is 5.21. The van der Waals surface area contributed by atoms with Gasteiger partial charge >= 0.3 is 11.8 Å². The third kappa shape index (κ3) is 5.32. The van der Waals surface area contributed by atoms with Crippen molar-refractivity contribution in [2.75, 3.05) is 17.3 Å². The van der Waals surface area contributed by atoms with Gasteiger partial charge in [0.25, 0.3) is 5.91 Å². The van der Waals surface area contributed by atoms with Crippen LogP contribution in [0, 0.1) is 19.8 Å². The molecule has 3 N–H and O–H groups in total. The highest BCUT2D eigenvalue weighted by atomic mass is 79.9. The van der Waals surface area contributed by atoms with Gasteiger partial charge < -0.3 is 10.6 Å². The quantitative estimate of drug-likeness (QED) is 0.475. The minimum absolute atomic E-state index is 0.207. The fraction of sp³-hybridized carbons (Fsp3) is 0.261. The number of amides is 3. The zero-order valence-electron chi connectivity index (χ0n) is 17.9. The molecule has 7 nitrogen and oxygen atoms in total. The standard InChI is InChI=1S/C23H25BrN4O3/c1-13(2)12-25-22(30)23(31)27-28-19-8-6-17(24)10-16(19)11-20(28)21(29)26-18-7-5-14(3)9-15(18)4/h5-11,13H,12H2,1-4H3,(H,25,30)(H,26,29)(H,27,31). The molecule has 3 rings (SSSR count). The van der Waals surface area contributed by atoms with Crippen molar-refractivity contribution in [3.05, 3.63) is 63.8 Å². The van der Waals surface area contributed by atoms with Crippen LogP contribution in [0.4, 0.5) is 5.69 Å². The molecule has 1 heterocycles. The fourth-order valence-corrected chi connectivity index (χ4v) is 3.52. The van der Waals surface area contributed by atoms with E-state index in [0.717, 1.165) is 21.0 Å². The second-order valence-electron chi connectivity index (χ2n) is 7.89. The zero-order chi connectivity index (χ0) is 22.7. The van der Waals surface area contributed by atoms with Crippen molar-refractivity contribution in [2.24, 2.45) is 5.92 Å². The number of fused-ring (bicyclic) bond motifs is 1. The van der Waals surface area contributed by atoms with Gasteiger partial charge in [0.1, 0.15) is 5.69 Å². The van der Waals surface area contributed by atoms with Crippen LogP contribution in [0.1, 0.15) is 35.5 Å². The van der Waals surface area contributed by atoms with Crippen LogP contribution in [0.15, 0.2) is 46.9 Å². The van der Waals surface area contributed by atoms with Gasteiger partial charge in [0.05, 0.1) is 5.52 Å². The predicted molar refractivity (Wildman–Crippen MR) is 126 cm³/mol. The van der Waals surface area contributed by atoms with E-state index in [4.69, 9.17) is 0 Å². The van der Waals surface area contributed by atoms with Crippen LogP contribution in [0.2, 0.25) is 0 Å². The minimum Gasteiger partial charge on any atom is -0.348 e. The van der Waals surface area contributed by atoms with E-state index >= 15 is 0 Å². The normalized spacial score (nSPS) is 10.9. The molecular formula is C23H25BrN4O3. The molecule has 0 fully saturated rings. The lowest BCUT2D eigenvalue weighted by atomic mass is 10.1. The lowest BCUT2D eigenvalue weighted by molar-refractivity contribution is -0.136. The average molecular weight is 485 g/mol. The molecule has 31 heavy (non-hydrogen) atoms. The van der Waals surface area contributed by atoms with Gasteiger partial charge in [-0.2, -0.15) is 0 Å². The number of aryl methyl sites for hydroxylation is 2. The summed E-state index contributed by atoms with van der Waals surface area (Å²) in [5.41, 5.74) is 6.05. The van der Waals surface area contributed by atoms with Gasteiger partial charge in [-0.3, -0.25) is 19.8 Å². The van der Waals surface area contributed by atoms with Crippen molar-refractivity contribution < 1.29 is 14.4 Å². The monoisotopic (exact) mass is 484 g/mol. The summed E-state index contributed by atoms with van der Waals surface area (Å²) in [6.45, 7) is 8.14. The topological polar surface area (TPSA) is 92.2 Å². The average Bonchev–Trinajstić information content (AvgIpc) is 3.05. The van der Waals surface area contributed by atoms with Gasteiger partial charge in [-0.15, -0.1) is 0 Å². The van der Waals surface area contributed by atoms with Crippen molar-refractivity contribution in [2.45, 2.75) is 27.7 Å². The van der Waals surface area contributed by atoms with Crippen LogP contribution >= 0.6 is 15.9 Å². The Kier molecular flexibility index (Phi) is 6.80. The highest BCUT2D eigenvalue weighted by Crippen LogP contribution is 2.24. The molecule has 0 bridgehead atoms. The molecule has 0 aliphatic rings. The number of carbonyl (C=O) groups is 3. The first-order chi connectivity index (χ1) is 14.7. The molecule has 0 saturated carbocycles. The molecule has 162 valence electrons. The molecule has 0 spiro atoms. The number of hydrogen-bond acceptors (Lipinski definition) is 3. The second-order valence-corrected chi connectivity index (χ2v) is 8.80. The Balaban J connectivity index is 1.94. The summed E-state index contributed by atoms with van der Waals surface area (Å²) in [5, 5.41) is 6.21. The van der Waals surface area contributed by atoms with E-state index in [-0.39, 0.29) is 11.6 Å². The largest absolute Gasteiger partial charge is 0.348 e. The van der Waals surface area contributed by atoms with Gasteiger partial charge in [0.2, 0.25) is 0 Å². The Labute approximate surface area is 189 Å². The van der Waals surface area contributed by atoms with Crippen molar-refractivity contribution in [1.82, 2.24) is 9.99 Å². The Morgan fingerprint density at radius 2 is 1.74 bits per heavy atom. The van der Waals surface area contributed by atoms with E-state index in [2.05, 4.69) is 32.0 Å². The van der Waals surface area contributed by atoms with Crippen molar-refractivity contribution >= 4 is 50.2 Å². The fourth-order valence-electron chi connectivity index (χ4n) is 3.14. The smallest absolute Gasteiger partial charge is 0.328 e. The molecular weight excluding hydrogens is 460 g/mol. The van der Waals surface area contributed by atoms with Gasteiger partial charge in [-0.1, -0.05) is 47.5 Å². The number of aromatic nitrogens is 1. The molecule has 3 amide bonds. The van der Waals surface area contributed by atoms with E-state index in [1.165, 1.54) is 4.68 Å². The maximum Gasteiger partial charge on any atom is 0.328 e. The molecule has 0 saturated heterocycles. The van der Waals surface area contributed by atoms with E-state index in [1.807, 2.05) is 52.0 Å². The third-order valence-electron chi connectivity index (χ3n) is 4.72. The Morgan fingerprint density at radius 1 is 1.00 bits per heavy atom. The van der Waals surface area contributed by atoms with Gasteiger partial charge in [0.15, 0.2) is 0 Å². The lowest BCUT2D eigenvalue weighted by Gasteiger charge is -2.14. The van der Waals surface area contributed by atoms with Crippen LogP contribution in [-0.4, -0.2) is 28.9 Å². The number of halogens is 1. The SMILES string of the molecule is Cc1ccc(NC(=O)c2cc3cc(Br)ccc3n2NC(=O)C(=O)NCC(C)C)c(C)c1. The number of nitrogens with zero attached hydrogens (tertiary/aromatic N) is 1. The van der Waals surface area contributed by atoms with Gasteiger partial charge in [-0.25, -0.2) is 4.68 Å². The Bertz CT molecular complexity index is 1170. The first-order valence-electron chi connectivity index (χ1n) is 9.94. The van der Waals surface area contributed by atoms with Crippen LogP contribution < -0.4 is 16.1 Å². The summed E-state index contributed by atoms with van der Waals surface area (Å²) in [6, 6.07) is 12.8. The summed E-state index contributed by atoms with van der Waals surface area (Å²) in [6.07, 6.45) is 0. The Morgan fingerprint density at radius 3 is 2.42 bits per heavy atom. The number of rotatable bonds is 5. The Hall–Kier alpha value is -3.13. The highest BCUT2D eigenvalue weighted by molar-refractivity contribution is 9.10. The molecule has 1 aromatic heterocycles. The van der Waals surface area contributed by atoms with Gasteiger partial charge in [0, 0.05) is 22.1 Å². The highest BCUT2D eigenvalue weighted by Gasteiger charge is 2.21. The molecule has 0 radical (unpaired) electrons. The van der Waals surface area contributed by atoms with Crippen LogP contribution in [0.3, 0.4) is 0 Å². The first kappa shape index (κ1) is 22.6. The molecule has 2 aromatic carbocycles. The predicted octanol–water partition coefficient (Wildman–Crippen LogP) is 4.12. The minimum atomic E-state index is -0.846. The summed E-state index contributed by atoms with van der Waals surface area (Å²) in [7, 11) is 0. The van der Waals surface area contributed by atoms with Crippen molar-refractivity contribution in [3.63, 3.8) is 0 Å². The second kappa shape index (κ2) is 9.34. The maximum absolute atomic E-state index is 13.1. The van der Waals surface area contributed by atoms with Crippen LogP contribution in [0.25, 0.3) is 10.9 Å². The van der Waals surface area contributed by atoms with Crippen molar-refractivity contribution in [3.8, 4) is 0 Å². The number of anilines is 1. The number of nitrogens with one attached hydrogen (secondary N) is 3. The molecule has 0 atom stereocenters. The number of carbonyl (C=O) groups excluding carboxylic acids is 3. The summed E-state index contributed by atoms with van der Waals surface area (Å²) >= 11 is 3.42. The van der Waals surface area contributed by atoms with E-state index in [9.17, 15) is 14.4 Å². The molecule has 3 aromatic rings. The van der Waals surface area contributed by atoms with E-state index < -0.39 is 17.7 Å². The summed E-state index contributed by atoms with van der Waals surface area (Å²) in [5.74, 6) is -1.79. The lowest BCUT2D eigenvalue weighted by Crippen LogP contribution is -2.41. The zero-order valence-corrected chi connectivity index (χ0v) is 19.5. The molecule has 8 heteroatoms. The van der Waals surface area contributed by atoms with Crippen molar-refractivity contribution in [1.29, 1.82) is 0 Å².